The molecule has 0 radical (unpaired) electrons. The van der Waals surface area contributed by atoms with E-state index in [9.17, 15) is 32.7 Å². The third-order valence-electron chi connectivity index (χ3n) is 13.6. The zero-order valence-corrected chi connectivity index (χ0v) is 31.2. The van der Waals surface area contributed by atoms with Crippen LogP contribution in [0.1, 0.15) is 86.3 Å². The number of likely N-dealkylation sites (tertiary alicyclic amines) is 1. The monoisotopic (exact) mass is 774 g/mol. The molecule has 10 rings (SSSR count). The number of carboxylic acids is 1. The molecule has 5 heterocycles. The van der Waals surface area contributed by atoms with Gasteiger partial charge in [0.15, 0.2) is 5.69 Å². The molecule has 2 N–H and O–H groups in total. The van der Waals surface area contributed by atoms with Gasteiger partial charge >= 0.3 is 12.1 Å². The summed E-state index contributed by atoms with van der Waals surface area (Å²) in [7, 11) is 0. The molecule has 2 amide bonds. The zero-order chi connectivity index (χ0) is 39.0. The van der Waals surface area contributed by atoms with Crippen LogP contribution in [-0.2, 0) is 21.2 Å². The Kier molecular flexibility index (Phi) is 8.87. The van der Waals surface area contributed by atoms with Crippen LogP contribution in [0.25, 0.3) is 0 Å². The van der Waals surface area contributed by atoms with Crippen LogP contribution in [0.15, 0.2) is 42.9 Å². The standard InChI is InChI=1S/C40H45F3N8O5/c1-23(52)50-14-9-38(21-50)22-51(32-6-5-29(19-31(32)38)56-28-7-12-49(13-8-28)36-44-10-2-11-45-36)37-46-20-30(33(47-37)40(41,42)43)34(53)48-39(35(54)55)26-4-3-24-15-25(17-26)18-27(39)16-24/h2,5-6,10-11,19-20,24-28H,3-4,7-9,12-18,21-22H2,1H3,(H,48,53)(H,54,55). The Bertz CT molecular complexity index is 2040. The van der Waals surface area contributed by atoms with E-state index in [-0.39, 0.29) is 36.3 Å². The molecule has 7 aliphatic rings. The number of nitrogens with zero attached hydrogens (tertiary/aromatic N) is 7. The first kappa shape index (κ1) is 36.6. The van der Waals surface area contributed by atoms with E-state index in [1.807, 2.05) is 6.07 Å². The van der Waals surface area contributed by atoms with Gasteiger partial charge < -0.3 is 29.9 Å². The number of carbonyl (C=O) groups is 3. The lowest BCUT2D eigenvalue weighted by Gasteiger charge is -2.50. The molecular weight excluding hydrogens is 729 g/mol. The van der Waals surface area contributed by atoms with Gasteiger partial charge in [0, 0.05) is 82.2 Å². The molecule has 3 aliphatic heterocycles. The van der Waals surface area contributed by atoms with E-state index in [0.717, 1.165) is 50.5 Å². The molecule has 2 saturated heterocycles. The van der Waals surface area contributed by atoms with E-state index in [1.165, 1.54) is 6.92 Å². The lowest BCUT2D eigenvalue weighted by Crippen LogP contribution is -2.66. The number of alkyl halides is 3. The molecule has 13 nitrogen and oxygen atoms in total. The van der Waals surface area contributed by atoms with Crippen molar-refractivity contribution >= 4 is 35.4 Å². The van der Waals surface area contributed by atoms with Crippen molar-refractivity contribution < 1.29 is 37.4 Å². The maximum Gasteiger partial charge on any atom is 0.434 e. The molecule has 1 spiro atoms. The summed E-state index contributed by atoms with van der Waals surface area (Å²) in [5, 5.41) is 13.3. The summed E-state index contributed by atoms with van der Waals surface area (Å²) in [6, 6.07) is 7.29. The van der Waals surface area contributed by atoms with Crippen LogP contribution in [0.5, 0.6) is 5.75 Å². The molecule has 296 valence electrons. The van der Waals surface area contributed by atoms with Crippen LogP contribution in [0.4, 0.5) is 30.8 Å². The van der Waals surface area contributed by atoms with E-state index in [1.54, 1.807) is 40.4 Å². The van der Waals surface area contributed by atoms with Gasteiger partial charge in [-0.25, -0.2) is 24.7 Å². The fourth-order valence-corrected chi connectivity index (χ4v) is 11.0. The highest BCUT2D eigenvalue weighted by Crippen LogP contribution is 2.56. The molecule has 2 aromatic heterocycles. The number of halogens is 3. The van der Waals surface area contributed by atoms with Crippen molar-refractivity contribution in [3.63, 3.8) is 0 Å². The number of anilines is 3. The number of hydrogen-bond donors (Lipinski definition) is 2. The highest BCUT2D eigenvalue weighted by molar-refractivity contribution is 5.99. The first-order valence-corrected chi connectivity index (χ1v) is 19.7. The minimum absolute atomic E-state index is 0.0707. The van der Waals surface area contributed by atoms with Crippen LogP contribution in [-0.4, -0.2) is 92.1 Å². The van der Waals surface area contributed by atoms with Gasteiger partial charge in [0.1, 0.15) is 17.4 Å². The van der Waals surface area contributed by atoms with Gasteiger partial charge in [0.05, 0.1) is 5.56 Å². The molecule has 6 fully saturated rings. The molecule has 6 atom stereocenters. The number of aliphatic carboxylic acids is 1. The average Bonchev–Trinajstić information content (AvgIpc) is 3.69. The Labute approximate surface area is 322 Å². The van der Waals surface area contributed by atoms with Crippen LogP contribution < -0.4 is 19.9 Å². The summed E-state index contributed by atoms with van der Waals surface area (Å²) in [5.41, 5.74) is -3.08. The first-order valence-electron chi connectivity index (χ1n) is 19.7. The summed E-state index contributed by atoms with van der Waals surface area (Å²) in [4.78, 5) is 62.1. The van der Waals surface area contributed by atoms with E-state index in [0.29, 0.717) is 74.4 Å². The van der Waals surface area contributed by atoms with Gasteiger partial charge in [0.2, 0.25) is 17.8 Å². The molecule has 16 heteroatoms. The van der Waals surface area contributed by atoms with Gasteiger partial charge in [-0.2, -0.15) is 13.2 Å². The van der Waals surface area contributed by atoms with Crippen molar-refractivity contribution in [1.29, 1.82) is 0 Å². The van der Waals surface area contributed by atoms with Crippen molar-refractivity contribution in [2.75, 3.05) is 42.5 Å². The Morgan fingerprint density at radius 3 is 2.38 bits per heavy atom. The number of nitrogens with one attached hydrogen (secondary N) is 1. The second-order valence-electron chi connectivity index (χ2n) is 16.8. The van der Waals surface area contributed by atoms with Crippen molar-refractivity contribution in [2.45, 2.75) is 87.9 Å². The van der Waals surface area contributed by atoms with Crippen molar-refractivity contribution in [2.24, 2.45) is 23.7 Å². The smallest absolute Gasteiger partial charge is 0.434 e. The number of carbonyl (C=O) groups excluding carboxylic acids is 2. The van der Waals surface area contributed by atoms with E-state index in [2.05, 4.69) is 30.2 Å². The highest BCUT2D eigenvalue weighted by atomic mass is 19.4. The lowest BCUT2D eigenvalue weighted by atomic mass is 9.58. The Balaban J connectivity index is 1.01. The van der Waals surface area contributed by atoms with Crippen LogP contribution in [0.2, 0.25) is 0 Å². The number of carboxylic acid groups (broad SMARTS) is 1. The van der Waals surface area contributed by atoms with Crippen molar-refractivity contribution in [3.05, 3.63) is 59.7 Å². The van der Waals surface area contributed by atoms with Gasteiger partial charge in [-0.05, 0) is 92.0 Å². The maximum absolute atomic E-state index is 14.9. The van der Waals surface area contributed by atoms with Crippen molar-refractivity contribution in [1.82, 2.24) is 30.2 Å². The molecule has 6 unspecified atom stereocenters. The summed E-state index contributed by atoms with van der Waals surface area (Å²) >= 11 is 0. The number of ether oxygens (including phenoxy) is 1. The second-order valence-corrected chi connectivity index (χ2v) is 16.8. The number of piperidine rings is 1. The highest BCUT2D eigenvalue weighted by Gasteiger charge is 2.60. The van der Waals surface area contributed by atoms with Gasteiger partial charge in [0.25, 0.3) is 5.91 Å². The van der Waals surface area contributed by atoms with E-state index >= 15 is 0 Å². The predicted molar refractivity (Wildman–Crippen MR) is 196 cm³/mol. The molecule has 4 bridgehead atoms. The number of aromatic nitrogens is 4. The molecule has 4 saturated carbocycles. The third-order valence-corrected chi connectivity index (χ3v) is 13.6. The van der Waals surface area contributed by atoms with E-state index in [4.69, 9.17) is 4.74 Å². The second kappa shape index (κ2) is 13.6. The van der Waals surface area contributed by atoms with Gasteiger partial charge in [-0.3, -0.25) is 9.59 Å². The van der Waals surface area contributed by atoms with E-state index < -0.39 is 40.3 Å². The predicted octanol–water partition coefficient (Wildman–Crippen LogP) is 5.37. The van der Waals surface area contributed by atoms with Crippen molar-refractivity contribution in [3.8, 4) is 5.75 Å². The van der Waals surface area contributed by atoms with Gasteiger partial charge in [-0.1, -0.05) is 6.42 Å². The molecular formula is C40H45F3N8O5. The summed E-state index contributed by atoms with van der Waals surface area (Å²) < 4.78 is 51.2. The summed E-state index contributed by atoms with van der Waals surface area (Å²) in [6.07, 6.45) is 5.66. The number of fused-ring (bicyclic) bond motifs is 3. The Morgan fingerprint density at radius 2 is 1.66 bits per heavy atom. The minimum Gasteiger partial charge on any atom is -0.490 e. The van der Waals surface area contributed by atoms with Crippen LogP contribution in [0, 0.1) is 23.7 Å². The first-order chi connectivity index (χ1) is 26.8. The number of amides is 2. The largest absolute Gasteiger partial charge is 0.490 e. The average molecular weight is 775 g/mol. The normalized spacial score (nSPS) is 29.8. The molecule has 56 heavy (non-hydrogen) atoms. The maximum atomic E-state index is 14.9. The number of rotatable bonds is 7. The van der Waals surface area contributed by atoms with Gasteiger partial charge in [-0.15, -0.1) is 0 Å². The number of benzene rings is 1. The SMILES string of the molecule is CC(=O)N1CCC2(C1)CN(c1ncc(C(=O)NC3(C(=O)O)C4CCC5CC(C4)CC3C5)c(C(F)(F)F)n1)c1ccc(OC3CCN(c4ncccn4)CC3)cc12. The molecule has 3 aromatic rings. The lowest BCUT2D eigenvalue weighted by molar-refractivity contribution is -0.154. The molecule has 1 aromatic carbocycles. The Hall–Kier alpha value is -5.02. The minimum atomic E-state index is -5.04. The zero-order valence-electron chi connectivity index (χ0n) is 31.2. The fraction of sp³-hybridized carbons (Fsp3) is 0.575. The van der Waals surface area contributed by atoms with Crippen LogP contribution in [0.3, 0.4) is 0 Å². The topological polar surface area (TPSA) is 154 Å². The summed E-state index contributed by atoms with van der Waals surface area (Å²) in [6.45, 7) is 3.99. The van der Waals surface area contributed by atoms with Crippen LogP contribution >= 0.6 is 0 Å². The quantitative estimate of drug-likeness (QED) is 0.319. The summed E-state index contributed by atoms with van der Waals surface area (Å²) in [5.74, 6) is -1.35. The number of hydrogen-bond acceptors (Lipinski definition) is 10. The third kappa shape index (κ3) is 6.19. The Morgan fingerprint density at radius 1 is 0.911 bits per heavy atom. The fourth-order valence-electron chi connectivity index (χ4n) is 11.0. The molecule has 4 aliphatic carbocycles.